The lowest BCUT2D eigenvalue weighted by molar-refractivity contribution is -0.137. The summed E-state index contributed by atoms with van der Waals surface area (Å²) in [5, 5.41) is 13.7. The monoisotopic (exact) mass is 468 g/mol. The molecule has 1 N–H and O–H groups in total. The van der Waals surface area contributed by atoms with Crippen LogP contribution in [0.4, 0.5) is 18.9 Å². The molecule has 0 bridgehead atoms. The molecule has 0 aliphatic rings. The smallest absolute Gasteiger partial charge is 0.325 e. The molecule has 2 heterocycles. The average Bonchev–Trinajstić information content (AvgIpc) is 3.33. The van der Waals surface area contributed by atoms with Gasteiger partial charge < -0.3 is 5.32 Å². The summed E-state index contributed by atoms with van der Waals surface area (Å²) in [7, 11) is 0. The maximum atomic E-state index is 12.8. The molecule has 1 amide bonds. The predicted molar refractivity (Wildman–Crippen MR) is 119 cm³/mol. The normalized spacial score (nSPS) is 11.8. The van der Waals surface area contributed by atoms with Gasteiger partial charge in [-0.2, -0.15) is 13.2 Å². The maximum Gasteiger partial charge on any atom is 0.416 e. The summed E-state index contributed by atoms with van der Waals surface area (Å²) in [6.45, 7) is 6.16. The highest BCUT2D eigenvalue weighted by atomic mass is 32.2. The Hall–Kier alpha value is -2.33. The van der Waals surface area contributed by atoms with Crippen LogP contribution in [-0.2, 0) is 17.4 Å². The molecule has 0 spiro atoms. The summed E-state index contributed by atoms with van der Waals surface area (Å²) in [5.41, 5.74) is 0.295. The van der Waals surface area contributed by atoms with E-state index in [-0.39, 0.29) is 17.5 Å². The summed E-state index contributed by atoms with van der Waals surface area (Å²) in [6.07, 6.45) is -2.38. The van der Waals surface area contributed by atoms with Crippen molar-refractivity contribution < 1.29 is 18.0 Å². The number of nitrogens with zero attached hydrogens (tertiary/aromatic N) is 3. The van der Waals surface area contributed by atoms with Crippen molar-refractivity contribution in [1.29, 1.82) is 0 Å². The number of rotatable bonds is 8. The van der Waals surface area contributed by atoms with Crippen molar-refractivity contribution in [2.24, 2.45) is 0 Å². The van der Waals surface area contributed by atoms with Gasteiger partial charge in [-0.1, -0.05) is 31.2 Å². The van der Waals surface area contributed by atoms with Crippen LogP contribution in [0.2, 0.25) is 0 Å². The van der Waals surface area contributed by atoms with E-state index in [4.69, 9.17) is 0 Å². The van der Waals surface area contributed by atoms with Crippen LogP contribution in [0.1, 0.15) is 43.7 Å². The molecule has 31 heavy (non-hydrogen) atoms. The number of nitrogens with one attached hydrogen (secondary N) is 1. The van der Waals surface area contributed by atoms with Gasteiger partial charge in [0.25, 0.3) is 0 Å². The zero-order valence-corrected chi connectivity index (χ0v) is 19.0. The van der Waals surface area contributed by atoms with E-state index in [1.165, 1.54) is 28.8 Å². The molecule has 0 radical (unpaired) electrons. The number of alkyl halides is 3. The number of thiophene rings is 1. The molecule has 0 atom stereocenters. The van der Waals surface area contributed by atoms with Gasteiger partial charge in [0.15, 0.2) is 11.0 Å². The number of halogens is 3. The van der Waals surface area contributed by atoms with Gasteiger partial charge >= 0.3 is 6.18 Å². The van der Waals surface area contributed by atoms with Crippen LogP contribution in [0.5, 0.6) is 0 Å². The van der Waals surface area contributed by atoms with Gasteiger partial charge in [-0.05, 0) is 44.5 Å². The third-order valence-corrected chi connectivity index (χ3v) is 6.33. The molecule has 0 saturated carbocycles. The van der Waals surface area contributed by atoms with E-state index in [0.717, 1.165) is 36.4 Å². The van der Waals surface area contributed by atoms with Crippen LogP contribution in [0.15, 0.2) is 40.9 Å². The highest BCUT2D eigenvalue weighted by Gasteiger charge is 2.30. The minimum atomic E-state index is -4.46. The molecule has 10 heteroatoms. The number of anilines is 1. The Morgan fingerprint density at radius 1 is 1.26 bits per heavy atom. The Labute approximate surface area is 187 Å². The molecule has 0 saturated heterocycles. The minimum absolute atomic E-state index is 0.00577. The van der Waals surface area contributed by atoms with Crippen molar-refractivity contribution in [2.75, 3.05) is 11.1 Å². The van der Waals surface area contributed by atoms with Crippen LogP contribution < -0.4 is 5.32 Å². The Morgan fingerprint density at radius 3 is 2.71 bits per heavy atom. The van der Waals surface area contributed by atoms with Crippen molar-refractivity contribution in [2.45, 2.75) is 51.0 Å². The van der Waals surface area contributed by atoms with Gasteiger partial charge in [-0.25, -0.2) is 0 Å². The largest absolute Gasteiger partial charge is 0.416 e. The number of amides is 1. The second-order valence-corrected chi connectivity index (χ2v) is 9.18. The highest BCUT2D eigenvalue weighted by Crippen LogP contribution is 2.32. The number of thioether (sulfide) groups is 1. The molecular weight excluding hydrogens is 445 g/mol. The van der Waals surface area contributed by atoms with E-state index in [1.54, 1.807) is 11.3 Å². The second kappa shape index (κ2) is 9.86. The van der Waals surface area contributed by atoms with Gasteiger partial charge in [0.1, 0.15) is 0 Å². The molecule has 166 valence electrons. The molecule has 0 aliphatic heterocycles. The number of hydrogen-bond donors (Lipinski definition) is 1. The molecule has 3 rings (SSSR count). The number of aromatic nitrogens is 3. The second-order valence-electron chi connectivity index (χ2n) is 7.24. The first-order valence-corrected chi connectivity index (χ1v) is 11.7. The first-order valence-electron chi connectivity index (χ1n) is 9.81. The van der Waals surface area contributed by atoms with Gasteiger partial charge in [-0.15, -0.1) is 21.5 Å². The lowest BCUT2D eigenvalue weighted by atomic mass is 10.2. The summed E-state index contributed by atoms with van der Waals surface area (Å²) in [5.74, 6) is 0.338. The van der Waals surface area contributed by atoms with Crippen LogP contribution in [-0.4, -0.2) is 26.4 Å². The van der Waals surface area contributed by atoms with Crippen LogP contribution in [0.25, 0.3) is 11.4 Å². The Balaban J connectivity index is 1.70. The van der Waals surface area contributed by atoms with Gasteiger partial charge in [0.2, 0.25) is 5.91 Å². The fraction of sp³-hybridized carbons (Fsp3) is 0.381. The predicted octanol–water partition coefficient (Wildman–Crippen LogP) is 6.29. The number of benzene rings is 1. The molecule has 2 aromatic heterocycles. The first-order chi connectivity index (χ1) is 14.7. The van der Waals surface area contributed by atoms with Crippen molar-refractivity contribution in [3.63, 3.8) is 0 Å². The van der Waals surface area contributed by atoms with Crippen molar-refractivity contribution >= 4 is 34.7 Å². The lowest BCUT2D eigenvalue weighted by Crippen LogP contribution is -2.15. The zero-order chi connectivity index (χ0) is 22.6. The van der Waals surface area contributed by atoms with Crippen LogP contribution in [0, 0.1) is 0 Å². The van der Waals surface area contributed by atoms with Crippen molar-refractivity contribution in [3.8, 4) is 11.4 Å². The van der Waals surface area contributed by atoms with Gasteiger partial charge in [0.05, 0.1) is 11.3 Å². The fourth-order valence-corrected chi connectivity index (χ4v) is 4.85. The van der Waals surface area contributed by atoms with Crippen LogP contribution >= 0.6 is 23.1 Å². The number of carbonyl (C=O) groups excluding carboxylic acids is 1. The van der Waals surface area contributed by atoms with E-state index in [0.29, 0.717) is 5.16 Å². The standard InChI is InChI=1S/C21H23F3N4OS2/c1-4-6-17-9-14(11-30-17)19-26-27-20(28(19)13(2)3)31-12-18(29)25-16-8-5-7-15(10-16)21(22,23)24/h5,7-11,13H,4,6,12H2,1-3H3,(H,25,29). The molecule has 1 aromatic carbocycles. The molecule has 0 fully saturated rings. The number of hydrogen-bond acceptors (Lipinski definition) is 5. The molecule has 3 aromatic rings. The number of aryl methyl sites for hydroxylation is 1. The summed E-state index contributed by atoms with van der Waals surface area (Å²) in [6, 6.07) is 6.77. The van der Waals surface area contributed by atoms with Crippen molar-refractivity contribution in [3.05, 3.63) is 46.2 Å². The average molecular weight is 469 g/mol. The van der Waals surface area contributed by atoms with Gasteiger partial charge in [0, 0.05) is 27.5 Å². The molecule has 0 unspecified atom stereocenters. The van der Waals surface area contributed by atoms with E-state index in [1.807, 2.05) is 18.4 Å². The van der Waals surface area contributed by atoms with Gasteiger partial charge in [-0.3, -0.25) is 9.36 Å². The minimum Gasteiger partial charge on any atom is -0.325 e. The summed E-state index contributed by atoms with van der Waals surface area (Å²) in [4.78, 5) is 13.6. The molecule has 0 aliphatic carbocycles. The topological polar surface area (TPSA) is 59.8 Å². The quantitative estimate of drug-likeness (QED) is 0.395. The van der Waals surface area contributed by atoms with E-state index < -0.39 is 17.6 Å². The third kappa shape index (κ3) is 5.88. The first kappa shape index (κ1) is 23.3. The molecule has 5 nitrogen and oxygen atoms in total. The maximum absolute atomic E-state index is 12.8. The van der Waals surface area contributed by atoms with E-state index in [9.17, 15) is 18.0 Å². The lowest BCUT2D eigenvalue weighted by Gasteiger charge is -2.13. The summed E-state index contributed by atoms with van der Waals surface area (Å²) < 4.78 is 40.5. The Morgan fingerprint density at radius 2 is 2.03 bits per heavy atom. The summed E-state index contributed by atoms with van der Waals surface area (Å²) >= 11 is 2.89. The van der Waals surface area contributed by atoms with E-state index in [2.05, 4.69) is 33.9 Å². The van der Waals surface area contributed by atoms with Crippen LogP contribution in [0.3, 0.4) is 0 Å². The third-order valence-electron chi connectivity index (χ3n) is 4.40. The fourth-order valence-electron chi connectivity index (χ4n) is 3.01. The SMILES string of the molecule is CCCc1cc(-c2nnc(SCC(=O)Nc3cccc(C(F)(F)F)c3)n2C(C)C)cs1. The van der Waals surface area contributed by atoms with Crippen molar-refractivity contribution in [1.82, 2.24) is 14.8 Å². The number of carbonyl (C=O) groups is 1. The molecular formula is C21H23F3N4OS2. The zero-order valence-electron chi connectivity index (χ0n) is 17.4. The van der Waals surface area contributed by atoms with E-state index >= 15 is 0 Å². The Kier molecular flexibility index (Phi) is 7.42. The highest BCUT2D eigenvalue weighted by molar-refractivity contribution is 7.99. The Bertz CT molecular complexity index is 1040.